The van der Waals surface area contributed by atoms with Crippen LogP contribution in [-0.4, -0.2) is 16.1 Å². The van der Waals surface area contributed by atoms with E-state index in [2.05, 4.69) is 4.98 Å². The average molecular weight is 369 g/mol. The zero-order chi connectivity index (χ0) is 18.8. The van der Waals surface area contributed by atoms with E-state index >= 15 is 0 Å². The number of nitrogens with zero attached hydrogens (tertiary/aromatic N) is 2. The number of carboxylic acid groups (broad SMARTS) is 1. The van der Waals surface area contributed by atoms with Crippen LogP contribution in [0.4, 0.5) is 13.2 Å². The van der Waals surface area contributed by atoms with E-state index in [4.69, 9.17) is 11.6 Å². The van der Waals surface area contributed by atoms with Gasteiger partial charge in [-0.2, -0.15) is 9.65 Å². The van der Waals surface area contributed by atoms with Crippen molar-refractivity contribution < 1.29 is 23.1 Å². The Kier molecular flexibility index (Phi) is 5.33. The average Bonchev–Trinajstić information content (AvgIpc) is 2.56. The Morgan fingerprint density at radius 3 is 2.64 bits per heavy atom. The highest BCUT2D eigenvalue weighted by Crippen LogP contribution is 2.42. The SMILES string of the molecule is CC(C#N)(c1cnc(F)c(Cl)c1)C(CC(=O)O)c1cc(F)ccc1F. The van der Waals surface area contributed by atoms with Gasteiger partial charge < -0.3 is 5.11 Å². The second kappa shape index (κ2) is 7.11. The molecular weight excluding hydrogens is 357 g/mol. The minimum absolute atomic E-state index is 0.0938. The lowest BCUT2D eigenvalue weighted by atomic mass is 9.69. The third-order valence-electron chi connectivity index (χ3n) is 4.04. The number of hydrogen-bond donors (Lipinski definition) is 1. The van der Waals surface area contributed by atoms with Crippen LogP contribution in [0.2, 0.25) is 5.02 Å². The molecule has 0 saturated heterocycles. The Morgan fingerprint density at radius 1 is 1.40 bits per heavy atom. The first-order valence-corrected chi connectivity index (χ1v) is 7.46. The van der Waals surface area contributed by atoms with E-state index in [1.165, 1.54) is 6.92 Å². The van der Waals surface area contributed by atoms with Crippen molar-refractivity contribution in [2.24, 2.45) is 0 Å². The second-order valence-electron chi connectivity index (χ2n) is 5.63. The van der Waals surface area contributed by atoms with Crippen LogP contribution in [0.25, 0.3) is 0 Å². The van der Waals surface area contributed by atoms with Gasteiger partial charge in [-0.1, -0.05) is 11.6 Å². The van der Waals surface area contributed by atoms with Gasteiger partial charge in [0, 0.05) is 12.1 Å². The Hall–Kier alpha value is -2.59. The van der Waals surface area contributed by atoms with Crippen molar-refractivity contribution in [3.63, 3.8) is 0 Å². The van der Waals surface area contributed by atoms with E-state index in [1.54, 1.807) is 0 Å². The molecule has 0 aliphatic carbocycles. The van der Waals surface area contributed by atoms with E-state index in [0.717, 1.165) is 30.5 Å². The second-order valence-corrected chi connectivity index (χ2v) is 6.03. The molecule has 2 rings (SSSR count). The third kappa shape index (κ3) is 3.74. The summed E-state index contributed by atoms with van der Waals surface area (Å²) in [5, 5.41) is 18.5. The molecule has 0 aliphatic heterocycles. The van der Waals surface area contributed by atoms with Crippen LogP contribution in [0.15, 0.2) is 30.5 Å². The first-order chi connectivity index (χ1) is 11.7. The molecule has 0 spiro atoms. The van der Waals surface area contributed by atoms with Gasteiger partial charge in [0.2, 0.25) is 5.95 Å². The standard InChI is InChI=1S/C17H12ClF3N2O2/c1-17(8-22,9-4-13(18)16(21)23-7-9)12(6-15(24)25)11-5-10(19)2-3-14(11)20/h2-5,7,12H,6H2,1H3,(H,24,25). The molecule has 130 valence electrons. The van der Waals surface area contributed by atoms with Gasteiger partial charge in [0.1, 0.15) is 11.6 Å². The van der Waals surface area contributed by atoms with E-state index in [-0.39, 0.29) is 16.1 Å². The predicted octanol–water partition coefficient (Wildman–Crippen LogP) is 4.19. The lowest BCUT2D eigenvalue weighted by molar-refractivity contribution is -0.137. The molecule has 25 heavy (non-hydrogen) atoms. The van der Waals surface area contributed by atoms with Gasteiger partial charge in [0.15, 0.2) is 0 Å². The van der Waals surface area contributed by atoms with Gasteiger partial charge in [0.25, 0.3) is 0 Å². The fourth-order valence-corrected chi connectivity index (χ4v) is 2.80. The van der Waals surface area contributed by atoms with Crippen molar-refractivity contribution in [3.05, 3.63) is 64.2 Å². The van der Waals surface area contributed by atoms with Crippen molar-refractivity contribution in [2.75, 3.05) is 0 Å². The smallest absolute Gasteiger partial charge is 0.304 e. The van der Waals surface area contributed by atoms with Crippen molar-refractivity contribution >= 4 is 17.6 Å². The Balaban J connectivity index is 2.68. The largest absolute Gasteiger partial charge is 0.481 e. The number of aliphatic carboxylic acids is 1. The summed E-state index contributed by atoms with van der Waals surface area (Å²) in [5.74, 6) is -5.15. The number of carbonyl (C=O) groups is 1. The normalized spacial score (nSPS) is 14.4. The number of hydrogen-bond acceptors (Lipinski definition) is 3. The molecule has 2 aromatic rings. The molecular formula is C17H12ClF3N2O2. The summed E-state index contributed by atoms with van der Waals surface area (Å²) in [6, 6.07) is 5.63. The minimum Gasteiger partial charge on any atom is -0.481 e. The zero-order valence-electron chi connectivity index (χ0n) is 12.9. The number of benzene rings is 1. The molecule has 1 aromatic carbocycles. The molecule has 1 heterocycles. The quantitative estimate of drug-likeness (QED) is 0.803. The molecule has 1 aromatic heterocycles. The first kappa shape index (κ1) is 18.7. The van der Waals surface area contributed by atoms with Gasteiger partial charge in [-0.3, -0.25) is 4.79 Å². The highest BCUT2D eigenvalue weighted by Gasteiger charge is 2.41. The van der Waals surface area contributed by atoms with E-state index in [1.807, 2.05) is 6.07 Å². The highest BCUT2D eigenvalue weighted by molar-refractivity contribution is 6.30. The number of pyridine rings is 1. The number of halogens is 4. The van der Waals surface area contributed by atoms with Gasteiger partial charge in [-0.25, -0.2) is 13.8 Å². The highest BCUT2D eigenvalue weighted by atomic mass is 35.5. The fourth-order valence-electron chi connectivity index (χ4n) is 2.63. The first-order valence-electron chi connectivity index (χ1n) is 7.08. The third-order valence-corrected chi connectivity index (χ3v) is 4.30. The molecule has 4 nitrogen and oxygen atoms in total. The summed E-state index contributed by atoms with van der Waals surface area (Å²) in [5.41, 5.74) is -1.82. The van der Waals surface area contributed by atoms with Gasteiger partial charge >= 0.3 is 5.97 Å². The summed E-state index contributed by atoms with van der Waals surface area (Å²) >= 11 is 5.69. The number of rotatable bonds is 5. The van der Waals surface area contributed by atoms with Gasteiger partial charge in [-0.15, -0.1) is 0 Å². The van der Waals surface area contributed by atoms with Crippen molar-refractivity contribution in [1.82, 2.24) is 4.98 Å². The number of aromatic nitrogens is 1. The van der Waals surface area contributed by atoms with Crippen LogP contribution in [0.5, 0.6) is 0 Å². The molecule has 8 heteroatoms. The lowest BCUT2D eigenvalue weighted by Crippen LogP contribution is -2.31. The lowest BCUT2D eigenvalue weighted by Gasteiger charge is -2.31. The Bertz CT molecular complexity index is 869. The van der Waals surface area contributed by atoms with Crippen molar-refractivity contribution in [3.8, 4) is 6.07 Å². The van der Waals surface area contributed by atoms with Crippen LogP contribution in [0.1, 0.15) is 30.4 Å². The van der Waals surface area contributed by atoms with E-state index in [9.17, 15) is 28.3 Å². The minimum atomic E-state index is -1.64. The summed E-state index contributed by atoms with van der Waals surface area (Å²) in [7, 11) is 0. The maximum absolute atomic E-state index is 14.2. The summed E-state index contributed by atoms with van der Waals surface area (Å²) in [6.45, 7) is 1.34. The maximum atomic E-state index is 14.2. The summed E-state index contributed by atoms with van der Waals surface area (Å²) in [6.07, 6.45) is 0.371. The van der Waals surface area contributed by atoms with Crippen LogP contribution in [0.3, 0.4) is 0 Å². The topological polar surface area (TPSA) is 74.0 Å². The molecule has 0 radical (unpaired) electrons. The molecule has 0 aliphatic rings. The van der Waals surface area contributed by atoms with Crippen LogP contribution in [-0.2, 0) is 10.2 Å². The summed E-state index contributed by atoms with van der Waals surface area (Å²) in [4.78, 5) is 14.7. The summed E-state index contributed by atoms with van der Waals surface area (Å²) < 4.78 is 41.1. The molecule has 0 fully saturated rings. The van der Waals surface area contributed by atoms with Crippen LogP contribution >= 0.6 is 11.6 Å². The molecule has 2 unspecified atom stereocenters. The fraction of sp³-hybridized carbons (Fsp3) is 0.235. The van der Waals surface area contributed by atoms with Crippen molar-refractivity contribution in [1.29, 1.82) is 5.26 Å². The van der Waals surface area contributed by atoms with E-state index in [0.29, 0.717) is 0 Å². The molecule has 0 amide bonds. The molecule has 0 saturated carbocycles. The zero-order valence-corrected chi connectivity index (χ0v) is 13.7. The monoisotopic (exact) mass is 368 g/mol. The molecule has 0 bridgehead atoms. The van der Waals surface area contributed by atoms with Crippen LogP contribution in [0, 0.1) is 28.9 Å². The molecule has 2 atom stereocenters. The number of carboxylic acids is 1. The molecule has 1 N–H and O–H groups in total. The Labute approximate surface area is 146 Å². The van der Waals surface area contributed by atoms with E-state index < -0.39 is 41.3 Å². The van der Waals surface area contributed by atoms with Crippen molar-refractivity contribution in [2.45, 2.75) is 24.7 Å². The van der Waals surface area contributed by atoms with Gasteiger partial charge in [0.05, 0.1) is 22.9 Å². The predicted molar refractivity (Wildman–Crippen MR) is 83.5 cm³/mol. The maximum Gasteiger partial charge on any atom is 0.304 e. The number of nitriles is 1. The Morgan fingerprint density at radius 2 is 2.08 bits per heavy atom. The van der Waals surface area contributed by atoms with Gasteiger partial charge in [-0.05, 0) is 42.3 Å². The van der Waals surface area contributed by atoms with Crippen LogP contribution < -0.4 is 0 Å².